The molecule has 1 aromatic rings. The van der Waals surface area contributed by atoms with Crippen LogP contribution in [-0.4, -0.2) is 35.6 Å². The van der Waals surface area contributed by atoms with Gasteiger partial charge in [0.15, 0.2) is 12.4 Å². The number of aromatic nitrogens is 1. The van der Waals surface area contributed by atoms with Gasteiger partial charge in [-0.2, -0.15) is 10.5 Å². The Morgan fingerprint density at radius 2 is 1.16 bits per heavy atom. The largest absolute Gasteiger partial charge is 0.337 e. The van der Waals surface area contributed by atoms with E-state index in [1.165, 1.54) is 120 Å². The zero-order valence-corrected chi connectivity index (χ0v) is 20.1. The number of hydrogen-bond acceptors (Lipinski definition) is 5. The van der Waals surface area contributed by atoms with Gasteiger partial charge in [-0.1, -0.05) is 64.4 Å². The van der Waals surface area contributed by atoms with Gasteiger partial charge in [0.25, 0.3) is 0 Å². The molecular weight excluding hydrogens is 384 g/mol. The third-order valence-electron chi connectivity index (χ3n) is 5.74. The summed E-state index contributed by atoms with van der Waals surface area (Å²) in [5, 5.41) is 14.2. The van der Waals surface area contributed by atoms with Crippen LogP contribution in [0.2, 0.25) is 0 Å². The summed E-state index contributed by atoms with van der Waals surface area (Å²) < 4.78 is 1.44. The van der Waals surface area contributed by atoms with Gasteiger partial charge in [0.1, 0.15) is 0 Å². The maximum atomic E-state index is 7.10. The second-order valence-electron chi connectivity index (χ2n) is 8.00. The van der Waals surface area contributed by atoms with Crippen molar-refractivity contribution < 1.29 is 4.48 Å². The molecule has 1 aliphatic heterocycles. The number of rotatable bonds is 12. The predicted octanol–water partition coefficient (Wildman–Crippen LogP) is 5.47. The minimum absolute atomic E-state index is 1.25. The molecule has 0 radical (unpaired) electrons. The van der Waals surface area contributed by atoms with Crippen molar-refractivity contribution in [2.45, 2.75) is 90.9 Å². The van der Waals surface area contributed by atoms with Gasteiger partial charge in [-0.3, -0.25) is 4.98 Å². The number of unbranched alkanes of at least 4 members (excludes halogenated alkanes) is 9. The van der Waals surface area contributed by atoms with Crippen LogP contribution in [0.15, 0.2) is 30.6 Å². The number of hydrogen-bond donors (Lipinski definition) is 2. The highest BCUT2D eigenvalue weighted by Crippen LogP contribution is 2.20. The van der Waals surface area contributed by atoms with Crippen LogP contribution in [0.3, 0.4) is 0 Å². The normalized spacial score (nSPS) is 13.0. The average molecular weight is 432 g/mol. The highest BCUT2D eigenvalue weighted by molar-refractivity contribution is 4.88. The first kappa shape index (κ1) is 30.9. The number of quaternary nitrogens is 1. The summed E-state index contributed by atoms with van der Waals surface area (Å²) in [5.41, 5.74) is 8.31. The number of pyridine rings is 1. The monoisotopic (exact) mass is 431 g/mol. The fraction of sp³-hybridized carbons (Fsp3) is 0.720. The first-order valence-corrected chi connectivity index (χ1v) is 12.1. The van der Waals surface area contributed by atoms with Crippen molar-refractivity contribution in [1.82, 2.24) is 4.98 Å². The van der Waals surface area contributed by atoms with Crippen molar-refractivity contribution >= 4 is 0 Å². The molecule has 0 aliphatic carbocycles. The van der Waals surface area contributed by atoms with Gasteiger partial charge in [0.05, 0.1) is 26.2 Å². The molecule has 176 valence electrons. The molecule has 4 N–H and O–H groups in total. The molecule has 0 unspecified atom stereocenters. The summed E-state index contributed by atoms with van der Waals surface area (Å²) in [5.74, 6) is 0. The minimum atomic E-state index is 1.25. The lowest BCUT2D eigenvalue weighted by Crippen LogP contribution is -2.45. The van der Waals surface area contributed by atoms with Crippen LogP contribution < -0.4 is 11.5 Å². The van der Waals surface area contributed by atoms with Crippen molar-refractivity contribution in [1.29, 1.82) is 10.5 Å². The minimum Gasteiger partial charge on any atom is -0.337 e. The summed E-state index contributed by atoms with van der Waals surface area (Å²) in [6.45, 7) is 10.5. The maximum absolute atomic E-state index is 7.10. The van der Waals surface area contributed by atoms with Crippen molar-refractivity contribution in [2.24, 2.45) is 11.5 Å². The molecular formula is C25H47N6+. The summed E-state index contributed by atoms with van der Waals surface area (Å²) >= 11 is 0. The molecule has 0 atom stereocenters. The summed E-state index contributed by atoms with van der Waals surface area (Å²) in [6.07, 6.45) is 23.6. The molecule has 0 spiro atoms. The van der Waals surface area contributed by atoms with Crippen molar-refractivity contribution in [2.75, 3.05) is 26.2 Å². The van der Waals surface area contributed by atoms with Gasteiger partial charge >= 0.3 is 0 Å². The van der Waals surface area contributed by atoms with E-state index in [2.05, 4.69) is 30.3 Å². The molecule has 0 saturated carbocycles. The Kier molecular flexibility index (Phi) is 25.6. The van der Waals surface area contributed by atoms with Crippen molar-refractivity contribution in [3.05, 3.63) is 30.6 Å². The van der Waals surface area contributed by atoms with Gasteiger partial charge in [-0.25, -0.2) is 0 Å². The fourth-order valence-electron chi connectivity index (χ4n) is 3.95. The van der Waals surface area contributed by atoms with Crippen LogP contribution in [0.1, 0.15) is 90.9 Å². The second kappa shape index (κ2) is 25.7. The molecule has 1 fully saturated rings. The zero-order chi connectivity index (χ0) is 23.5. The first-order valence-electron chi connectivity index (χ1n) is 12.1. The van der Waals surface area contributed by atoms with E-state index in [1.807, 2.05) is 18.2 Å². The standard InChI is InChI=1S/C18H38N.C5H5N.2CH2N2/c1-3-5-6-7-8-9-10-11-12-13-16-19(4-2)17-14-15-18-19;1-2-4-6-5-3-1;2*2-1-3/h3-18H2,1-2H3;1-5H;2*2H2/q+1;;;. The molecule has 1 aliphatic rings. The molecule has 1 saturated heterocycles. The molecule has 31 heavy (non-hydrogen) atoms. The molecule has 2 rings (SSSR count). The van der Waals surface area contributed by atoms with Crippen molar-refractivity contribution in [3.63, 3.8) is 0 Å². The lowest BCUT2D eigenvalue weighted by atomic mass is 10.1. The van der Waals surface area contributed by atoms with E-state index < -0.39 is 0 Å². The lowest BCUT2D eigenvalue weighted by Gasteiger charge is -2.33. The van der Waals surface area contributed by atoms with Gasteiger partial charge in [-0.15, -0.1) is 0 Å². The van der Waals surface area contributed by atoms with E-state index in [0.717, 1.165) is 0 Å². The number of likely N-dealkylation sites (tertiary alicyclic amines) is 1. The van der Waals surface area contributed by atoms with Crippen LogP contribution in [-0.2, 0) is 0 Å². The van der Waals surface area contributed by atoms with Crippen LogP contribution >= 0.6 is 0 Å². The number of nitrogens with two attached hydrogens (primary N) is 2. The summed E-state index contributed by atoms with van der Waals surface area (Å²) in [6, 6.07) is 5.72. The van der Waals surface area contributed by atoms with Crippen LogP contribution in [0.25, 0.3) is 0 Å². The van der Waals surface area contributed by atoms with Gasteiger partial charge in [0.2, 0.25) is 0 Å². The van der Waals surface area contributed by atoms with Crippen LogP contribution in [0, 0.1) is 22.9 Å². The van der Waals surface area contributed by atoms with E-state index in [4.69, 9.17) is 10.5 Å². The van der Waals surface area contributed by atoms with E-state index in [1.54, 1.807) is 12.4 Å². The Morgan fingerprint density at radius 3 is 1.48 bits per heavy atom. The molecule has 0 bridgehead atoms. The Morgan fingerprint density at radius 1 is 0.742 bits per heavy atom. The first-order chi connectivity index (χ1) is 15.2. The van der Waals surface area contributed by atoms with Gasteiger partial charge in [-0.05, 0) is 31.9 Å². The van der Waals surface area contributed by atoms with Crippen molar-refractivity contribution in [3.8, 4) is 12.4 Å². The lowest BCUT2D eigenvalue weighted by molar-refractivity contribution is -0.915. The second-order valence-corrected chi connectivity index (χ2v) is 8.00. The Balaban J connectivity index is 0. The zero-order valence-electron chi connectivity index (χ0n) is 20.1. The third kappa shape index (κ3) is 22.2. The smallest absolute Gasteiger partial charge is 0.173 e. The van der Waals surface area contributed by atoms with Crippen LogP contribution in [0.4, 0.5) is 0 Å². The molecule has 2 heterocycles. The van der Waals surface area contributed by atoms with Gasteiger partial charge in [0, 0.05) is 25.2 Å². The predicted molar refractivity (Wildman–Crippen MR) is 130 cm³/mol. The molecule has 6 heteroatoms. The number of nitriles is 2. The molecule has 1 aromatic heterocycles. The number of nitrogens with zero attached hydrogens (tertiary/aromatic N) is 4. The highest BCUT2D eigenvalue weighted by atomic mass is 15.4. The Labute approximate surface area is 191 Å². The van der Waals surface area contributed by atoms with Gasteiger partial charge < -0.3 is 16.0 Å². The Bertz CT molecular complexity index is 490. The summed E-state index contributed by atoms with van der Waals surface area (Å²) in [7, 11) is 0. The third-order valence-corrected chi connectivity index (χ3v) is 5.74. The topological polar surface area (TPSA) is 113 Å². The average Bonchev–Trinajstić information content (AvgIpc) is 3.27. The quantitative estimate of drug-likeness (QED) is 0.197. The SMILES string of the molecule is CCCCCCCCCCCC[N+]1(CC)CCCC1.N#CN.N#CN.c1ccncc1. The van der Waals surface area contributed by atoms with E-state index >= 15 is 0 Å². The highest BCUT2D eigenvalue weighted by Gasteiger charge is 2.28. The fourth-order valence-corrected chi connectivity index (χ4v) is 3.95. The Hall–Kier alpha value is -2.31. The van der Waals surface area contributed by atoms with E-state index in [0.29, 0.717) is 0 Å². The molecule has 0 aromatic carbocycles. The van der Waals surface area contributed by atoms with E-state index in [9.17, 15) is 0 Å². The van der Waals surface area contributed by atoms with E-state index in [-0.39, 0.29) is 0 Å². The molecule has 6 nitrogen and oxygen atoms in total. The van der Waals surface area contributed by atoms with Crippen LogP contribution in [0.5, 0.6) is 0 Å². The molecule has 0 amide bonds. The summed E-state index contributed by atoms with van der Waals surface area (Å²) in [4.78, 5) is 3.78. The maximum Gasteiger partial charge on any atom is 0.173 e.